The molecule has 0 amide bonds. The fourth-order valence-electron chi connectivity index (χ4n) is 1.80. The highest BCUT2D eigenvalue weighted by atomic mass is 19.1. The van der Waals surface area contributed by atoms with Crippen LogP contribution in [0.4, 0.5) is 4.39 Å². The summed E-state index contributed by atoms with van der Waals surface area (Å²) in [5, 5.41) is 0. The molecule has 18 heavy (non-hydrogen) atoms. The van der Waals surface area contributed by atoms with Crippen LogP contribution < -0.4 is 5.73 Å². The molecule has 1 atom stereocenters. The van der Waals surface area contributed by atoms with E-state index in [4.69, 9.17) is 5.73 Å². The van der Waals surface area contributed by atoms with Crippen LogP contribution in [0.5, 0.6) is 0 Å². The summed E-state index contributed by atoms with van der Waals surface area (Å²) in [6.45, 7) is 0. The van der Waals surface area contributed by atoms with Crippen LogP contribution in [0.1, 0.15) is 28.4 Å². The molecule has 1 unspecified atom stereocenters. The molecule has 0 saturated carbocycles. The van der Waals surface area contributed by atoms with Gasteiger partial charge in [0.2, 0.25) is 0 Å². The Morgan fingerprint density at radius 3 is 2.50 bits per heavy atom. The lowest BCUT2D eigenvalue weighted by Gasteiger charge is -2.11. The van der Waals surface area contributed by atoms with Gasteiger partial charge in [0, 0.05) is 18.0 Å². The first-order valence-electron chi connectivity index (χ1n) is 5.76. The van der Waals surface area contributed by atoms with Crippen molar-refractivity contribution in [3.8, 4) is 0 Å². The quantitative estimate of drug-likeness (QED) is 0.838. The zero-order chi connectivity index (χ0) is 13.0. The van der Waals surface area contributed by atoms with Crippen LogP contribution in [0, 0.1) is 5.82 Å². The predicted octanol–water partition coefficient (Wildman–Crippen LogP) is 3.10. The zero-order valence-corrected chi connectivity index (χ0v) is 9.84. The minimum atomic E-state index is -0.408. The van der Waals surface area contributed by atoms with E-state index in [1.807, 2.05) is 30.3 Å². The minimum absolute atomic E-state index is 0.147. The van der Waals surface area contributed by atoms with E-state index in [0.717, 1.165) is 5.56 Å². The Hall–Kier alpha value is -2.00. The maximum absolute atomic E-state index is 13.0. The van der Waals surface area contributed by atoms with Gasteiger partial charge >= 0.3 is 0 Å². The molecule has 0 heterocycles. The minimum Gasteiger partial charge on any atom is -0.324 e. The van der Waals surface area contributed by atoms with Crippen LogP contribution >= 0.6 is 0 Å². The molecule has 92 valence electrons. The van der Waals surface area contributed by atoms with Gasteiger partial charge in [-0.05, 0) is 17.7 Å². The average molecular weight is 243 g/mol. The first-order chi connectivity index (χ1) is 8.66. The molecule has 2 nitrogen and oxygen atoms in total. The van der Waals surface area contributed by atoms with Crippen LogP contribution in [-0.4, -0.2) is 5.78 Å². The van der Waals surface area contributed by atoms with E-state index in [0.29, 0.717) is 5.56 Å². The largest absolute Gasteiger partial charge is 0.324 e. The molecule has 2 aromatic carbocycles. The summed E-state index contributed by atoms with van der Waals surface area (Å²) >= 11 is 0. The highest BCUT2D eigenvalue weighted by Gasteiger charge is 2.13. The summed E-state index contributed by atoms with van der Waals surface area (Å²) in [6, 6.07) is 14.7. The van der Waals surface area contributed by atoms with Crippen molar-refractivity contribution >= 4 is 5.78 Å². The Balaban J connectivity index is 2.08. The molecule has 0 spiro atoms. The van der Waals surface area contributed by atoms with E-state index in [2.05, 4.69) is 0 Å². The molecule has 0 radical (unpaired) electrons. The topological polar surface area (TPSA) is 43.1 Å². The third-order valence-corrected chi connectivity index (χ3v) is 2.78. The first kappa shape index (κ1) is 12.5. The van der Waals surface area contributed by atoms with Gasteiger partial charge in [-0.1, -0.05) is 42.5 Å². The normalized spacial score (nSPS) is 12.1. The Kier molecular flexibility index (Phi) is 3.85. The van der Waals surface area contributed by atoms with Gasteiger partial charge in [-0.25, -0.2) is 4.39 Å². The monoisotopic (exact) mass is 243 g/mol. The molecule has 0 aromatic heterocycles. The molecule has 0 aliphatic carbocycles. The van der Waals surface area contributed by atoms with Crippen molar-refractivity contribution < 1.29 is 9.18 Å². The second-order valence-electron chi connectivity index (χ2n) is 4.15. The smallest absolute Gasteiger partial charge is 0.164 e. The molecule has 2 rings (SSSR count). The summed E-state index contributed by atoms with van der Waals surface area (Å²) < 4.78 is 13.0. The summed E-state index contributed by atoms with van der Waals surface area (Å²) in [4.78, 5) is 11.9. The Morgan fingerprint density at radius 2 is 1.83 bits per heavy atom. The van der Waals surface area contributed by atoms with Gasteiger partial charge in [-0.2, -0.15) is 0 Å². The number of carbonyl (C=O) groups is 1. The zero-order valence-electron chi connectivity index (χ0n) is 9.84. The van der Waals surface area contributed by atoms with Crippen molar-refractivity contribution in [1.82, 2.24) is 0 Å². The molecule has 0 aliphatic heterocycles. The van der Waals surface area contributed by atoms with Gasteiger partial charge in [-0.15, -0.1) is 0 Å². The van der Waals surface area contributed by atoms with Gasteiger partial charge in [0.25, 0.3) is 0 Å². The van der Waals surface area contributed by atoms with Gasteiger partial charge in [0.05, 0.1) is 0 Å². The van der Waals surface area contributed by atoms with Crippen LogP contribution in [-0.2, 0) is 0 Å². The second kappa shape index (κ2) is 5.56. The number of benzene rings is 2. The number of rotatable bonds is 4. The molecule has 2 aromatic rings. The number of hydrogen-bond acceptors (Lipinski definition) is 2. The fourth-order valence-corrected chi connectivity index (χ4v) is 1.80. The number of nitrogens with two attached hydrogens (primary N) is 1. The van der Waals surface area contributed by atoms with Crippen molar-refractivity contribution in [1.29, 1.82) is 0 Å². The van der Waals surface area contributed by atoms with Crippen molar-refractivity contribution in [2.45, 2.75) is 12.5 Å². The Morgan fingerprint density at radius 1 is 1.11 bits per heavy atom. The van der Waals surface area contributed by atoms with E-state index in [1.165, 1.54) is 18.2 Å². The van der Waals surface area contributed by atoms with Crippen LogP contribution in [0.3, 0.4) is 0 Å². The van der Waals surface area contributed by atoms with Crippen LogP contribution in [0.2, 0.25) is 0 Å². The van der Waals surface area contributed by atoms with Gasteiger partial charge in [-0.3, -0.25) is 4.79 Å². The average Bonchev–Trinajstić information content (AvgIpc) is 2.39. The van der Waals surface area contributed by atoms with Gasteiger partial charge in [0.1, 0.15) is 5.82 Å². The van der Waals surface area contributed by atoms with E-state index in [9.17, 15) is 9.18 Å². The van der Waals surface area contributed by atoms with Gasteiger partial charge in [0.15, 0.2) is 5.78 Å². The van der Waals surface area contributed by atoms with Crippen molar-refractivity contribution in [3.05, 3.63) is 71.5 Å². The Bertz CT molecular complexity index is 539. The number of carbonyl (C=O) groups excluding carboxylic acids is 1. The fraction of sp³-hybridized carbons (Fsp3) is 0.133. The van der Waals surface area contributed by atoms with E-state index in [-0.39, 0.29) is 18.2 Å². The third-order valence-electron chi connectivity index (χ3n) is 2.78. The summed E-state index contributed by atoms with van der Waals surface area (Å²) in [6.07, 6.45) is 0.174. The molecule has 3 heteroatoms. The third kappa shape index (κ3) is 3.02. The summed E-state index contributed by atoms with van der Waals surface area (Å²) in [7, 11) is 0. The summed E-state index contributed by atoms with van der Waals surface area (Å²) in [5.41, 5.74) is 7.22. The lowest BCUT2D eigenvalue weighted by Crippen LogP contribution is -2.15. The maximum atomic E-state index is 13.0. The molecule has 0 fully saturated rings. The van der Waals surface area contributed by atoms with Gasteiger partial charge < -0.3 is 5.73 Å². The number of halogens is 1. The van der Waals surface area contributed by atoms with Crippen LogP contribution in [0.15, 0.2) is 54.6 Å². The molecule has 2 N–H and O–H groups in total. The Labute approximate surface area is 105 Å². The number of hydrogen-bond donors (Lipinski definition) is 1. The molecule has 0 saturated heterocycles. The molecular formula is C15H14FNO. The van der Waals surface area contributed by atoms with E-state index >= 15 is 0 Å². The van der Waals surface area contributed by atoms with Crippen LogP contribution in [0.25, 0.3) is 0 Å². The SMILES string of the molecule is NC(CC(=O)c1cccc(F)c1)c1ccccc1. The number of Topliss-reactive ketones (excluding diaryl/α,β-unsaturated/α-hetero) is 1. The van der Waals surface area contributed by atoms with E-state index in [1.54, 1.807) is 6.07 Å². The maximum Gasteiger partial charge on any atom is 0.164 e. The lowest BCUT2D eigenvalue weighted by molar-refractivity contribution is 0.0974. The van der Waals surface area contributed by atoms with E-state index < -0.39 is 5.82 Å². The second-order valence-corrected chi connectivity index (χ2v) is 4.15. The molecule has 0 aliphatic rings. The van der Waals surface area contributed by atoms with Crippen molar-refractivity contribution in [2.75, 3.05) is 0 Å². The highest BCUT2D eigenvalue weighted by Crippen LogP contribution is 2.16. The summed E-state index contributed by atoms with van der Waals surface area (Å²) in [5.74, 6) is -0.556. The highest BCUT2D eigenvalue weighted by molar-refractivity contribution is 5.96. The number of ketones is 1. The molecular weight excluding hydrogens is 229 g/mol. The molecule has 0 bridgehead atoms. The van der Waals surface area contributed by atoms with Crippen molar-refractivity contribution in [3.63, 3.8) is 0 Å². The first-order valence-corrected chi connectivity index (χ1v) is 5.76. The van der Waals surface area contributed by atoms with Crippen molar-refractivity contribution in [2.24, 2.45) is 5.73 Å². The standard InChI is InChI=1S/C15H14FNO/c16-13-8-4-7-12(9-13)15(18)10-14(17)11-5-2-1-3-6-11/h1-9,14H,10,17H2. The lowest BCUT2D eigenvalue weighted by atomic mass is 9.99. The predicted molar refractivity (Wildman–Crippen MR) is 68.7 cm³/mol.